The molecule has 1 heterocycles. The van der Waals surface area contributed by atoms with Crippen molar-refractivity contribution in [1.82, 2.24) is 4.98 Å². The Kier molecular flexibility index (Phi) is 6.31. The van der Waals surface area contributed by atoms with E-state index in [2.05, 4.69) is 11.9 Å². The molecular weight excluding hydrogens is 282 g/mol. The van der Waals surface area contributed by atoms with Crippen molar-refractivity contribution in [3.05, 3.63) is 35.0 Å². The largest absolute Gasteiger partial charge is 0.360 e. The van der Waals surface area contributed by atoms with Crippen LogP contribution in [0.5, 0.6) is 0 Å². The van der Waals surface area contributed by atoms with E-state index in [1.165, 1.54) is 32.1 Å². The molecule has 21 heavy (non-hydrogen) atoms. The van der Waals surface area contributed by atoms with E-state index in [0.717, 1.165) is 29.3 Å². The zero-order chi connectivity index (χ0) is 15.1. The number of halogens is 1. The maximum absolute atomic E-state index is 12.3. The number of nitrogens with one attached hydrogen (secondary N) is 1. The molecule has 2 rings (SSSR count). The second-order valence-electron chi connectivity index (χ2n) is 5.66. The molecule has 0 atom stereocenters. The third kappa shape index (κ3) is 4.34. The van der Waals surface area contributed by atoms with Crippen LogP contribution in [0.15, 0.2) is 24.4 Å². The summed E-state index contributed by atoms with van der Waals surface area (Å²) in [4.78, 5) is 15.5. The minimum absolute atomic E-state index is 0.197. The van der Waals surface area contributed by atoms with Crippen molar-refractivity contribution in [2.24, 2.45) is 0 Å². The van der Waals surface area contributed by atoms with Crippen molar-refractivity contribution in [3.63, 3.8) is 0 Å². The minimum Gasteiger partial charge on any atom is -0.360 e. The Morgan fingerprint density at radius 3 is 2.57 bits per heavy atom. The molecule has 1 aromatic heterocycles. The lowest BCUT2D eigenvalue weighted by molar-refractivity contribution is 0.0980. The first-order valence-corrected chi connectivity index (χ1v) is 8.40. The number of benzene rings is 1. The Morgan fingerprint density at radius 2 is 1.81 bits per heavy atom. The van der Waals surface area contributed by atoms with Crippen LogP contribution < -0.4 is 0 Å². The van der Waals surface area contributed by atoms with E-state index in [9.17, 15) is 4.79 Å². The Morgan fingerprint density at radius 1 is 1.10 bits per heavy atom. The van der Waals surface area contributed by atoms with Gasteiger partial charge in [0.25, 0.3) is 0 Å². The van der Waals surface area contributed by atoms with Crippen LogP contribution in [-0.2, 0) is 0 Å². The third-order valence-corrected chi connectivity index (χ3v) is 4.28. The molecule has 1 aromatic carbocycles. The highest BCUT2D eigenvalue weighted by atomic mass is 35.5. The Labute approximate surface area is 131 Å². The summed E-state index contributed by atoms with van der Waals surface area (Å²) in [5.74, 6) is 0.197. The van der Waals surface area contributed by atoms with Gasteiger partial charge in [-0.15, -0.1) is 0 Å². The number of hydrogen-bond donors (Lipinski definition) is 1. The minimum atomic E-state index is 0.197. The highest BCUT2D eigenvalue weighted by Gasteiger charge is 2.13. The second-order valence-corrected chi connectivity index (χ2v) is 6.07. The molecule has 0 bridgehead atoms. The molecule has 0 saturated carbocycles. The number of aromatic nitrogens is 1. The van der Waals surface area contributed by atoms with Crippen LogP contribution in [0.3, 0.4) is 0 Å². The smallest absolute Gasteiger partial charge is 0.165 e. The molecule has 0 amide bonds. The fourth-order valence-electron chi connectivity index (χ4n) is 2.74. The fraction of sp³-hybridized carbons (Fsp3) is 0.500. The normalized spacial score (nSPS) is 11.1. The summed E-state index contributed by atoms with van der Waals surface area (Å²) in [5.41, 5.74) is 1.67. The van der Waals surface area contributed by atoms with Crippen LogP contribution in [0, 0.1) is 0 Å². The highest BCUT2D eigenvalue weighted by molar-refractivity contribution is 6.36. The van der Waals surface area contributed by atoms with Gasteiger partial charge in [-0.1, -0.05) is 63.1 Å². The van der Waals surface area contributed by atoms with Crippen molar-refractivity contribution in [2.45, 2.75) is 58.3 Å². The van der Waals surface area contributed by atoms with Gasteiger partial charge in [0, 0.05) is 29.1 Å². The van der Waals surface area contributed by atoms with Gasteiger partial charge in [0.1, 0.15) is 0 Å². The number of ketones is 1. The van der Waals surface area contributed by atoms with E-state index < -0.39 is 0 Å². The first-order chi connectivity index (χ1) is 10.2. The van der Waals surface area contributed by atoms with Crippen molar-refractivity contribution in [2.75, 3.05) is 0 Å². The zero-order valence-corrected chi connectivity index (χ0v) is 13.5. The number of carbonyl (C=O) groups is 1. The van der Waals surface area contributed by atoms with Crippen molar-refractivity contribution >= 4 is 28.3 Å². The number of carbonyl (C=O) groups excluding carboxylic acids is 1. The molecule has 114 valence electrons. The first-order valence-electron chi connectivity index (χ1n) is 8.03. The predicted octanol–water partition coefficient (Wildman–Crippen LogP) is 6.14. The molecule has 0 fully saturated rings. The zero-order valence-electron chi connectivity index (χ0n) is 12.8. The first kappa shape index (κ1) is 16.1. The van der Waals surface area contributed by atoms with Crippen LogP contribution in [0.1, 0.15) is 68.6 Å². The van der Waals surface area contributed by atoms with Crippen LogP contribution in [0.4, 0.5) is 0 Å². The molecule has 0 spiro atoms. The number of Topliss-reactive ketones (excluding diaryl/α,β-unsaturated/α-hetero) is 1. The summed E-state index contributed by atoms with van der Waals surface area (Å²) in [6.45, 7) is 2.23. The van der Waals surface area contributed by atoms with E-state index in [-0.39, 0.29) is 5.78 Å². The maximum atomic E-state index is 12.3. The lowest BCUT2D eigenvalue weighted by Gasteiger charge is -2.02. The molecule has 3 heteroatoms. The average Bonchev–Trinajstić information content (AvgIpc) is 2.91. The van der Waals surface area contributed by atoms with Crippen LogP contribution >= 0.6 is 11.6 Å². The number of fused-ring (bicyclic) bond motifs is 1. The van der Waals surface area contributed by atoms with Gasteiger partial charge in [0.2, 0.25) is 0 Å². The van der Waals surface area contributed by atoms with Gasteiger partial charge < -0.3 is 4.98 Å². The van der Waals surface area contributed by atoms with E-state index in [0.29, 0.717) is 11.4 Å². The Balaban J connectivity index is 1.83. The summed E-state index contributed by atoms with van der Waals surface area (Å²) < 4.78 is 0. The number of H-pyrrole nitrogens is 1. The Hall–Kier alpha value is -1.28. The summed E-state index contributed by atoms with van der Waals surface area (Å²) >= 11 is 6.21. The predicted molar refractivity (Wildman–Crippen MR) is 90.2 cm³/mol. The molecule has 1 N–H and O–H groups in total. The van der Waals surface area contributed by atoms with Crippen LogP contribution in [0.25, 0.3) is 10.9 Å². The van der Waals surface area contributed by atoms with E-state index in [4.69, 9.17) is 11.6 Å². The summed E-state index contributed by atoms with van der Waals surface area (Å²) in [7, 11) is 0. The molecule has 0 radical (unpaired) electrons. The molecule has 0 aliphatic rings. The van der Waals surface area contributed by atoms with E-state index in [1.807, 2.05) is 18.2 Å². The second kappa shape index (κ2) is 8.23. The van der Waals surface area contributed by atoms with Crippen molar-refractivity contribution in [1.29, 1.82) is 0 Å². The third-order valence-electron chi connectivity index (χ3n) is 3.96. The van der Waals surface area contributed by atoms with Crippen LogP contribution in [0.2, 0.25) is 5.02 Å². The summed E-state index contributed by atoms with van der Waals surface area (Å²) in [6.07, 6.45) is 11.0. The van der Waals surface area contributed by atoms with Gasteiger partial charge in [-0.2, -0.15) is 0 Å². The lowest BCUT2D eigenvalue weighted by atomic mass is 10.0. The van der Waals surface area contributed by atoms with E-state index in [1.54, 1.807) is 6.20 Å². The summed E-state index contributed by atoms with van der Waals surface area (Å²) in [6, 6.07) is 5.68. The standard InChI is InChI=1S/C18H24ClNO/c1-2-3-4-5-6-7-8-12-17(21)14-13-20-16-11-9-10-15(19)18(14)16/h9-11,13,20H,2-8,12H2,1H3. The van der Waals surface area contributed by atoms with Gasteiger partial charge in [0.05, 0.1) is 5.02 Å². The molecule has 0 saturated heterocycles. The molecule has 0 aliphatic carbocycles. The SMILES string of the molecule is CCCCCCCCCC(=O)c1c[nH]c2cccc(Cl)c12. The maximum Gasteiger partial charge on any atom is 0.165 e. The fourth-order valence-corrected chi connectivity index (χ4v) is 3.01. The topological polar surface area (TPSA) is 32.9 Å². The van der Waals surface area contributed by atoms with Crippen molar-refractivity contribution in [3.8, 4) is 0 Å². The quantitative estimate of drug-likeness (QED) is 0.437. The number of rotatable bonds is 9. The molecule has 0 unspecified atom stereocenters. The molecule has 2 aromatic rings. The van der Waals surface area contributed by atoms with Gasteiger partial charge in [-0.25, -0.2) is 0 Å². The number of aromatic amines is 1. The van der Waals surface area contributed by atoms with Crippen molar-refractivity contribution < 1.29 is 4.79 Å². The number of unbranched alkanes of at least 4 members (excludes halogenated alkanes) is 6. The molecular formula is C18H24ClNO. The Bertz CT molecular complexity index is 588. The van der Waals surface area contributed by atoms with Gasteiger partial charge >= 0.3 is 0 Å². The lowest BCUT2D eigenvalue weighted by Crippen LogP contribution is -1.98. The van der Waals surface area contributed by atoms with Gasteiger partial charge in [-0.3, -0.25) is 4.79 Å². The van der Waals surface area contributed by atoms with E-state index >= 15 is 0 Å². The summed E-state index contributed by atoms with van der Waals surface area (Å²) in [5, 5.41) is 1.52. The molecule has 0 aliphatic heterocycles. The van der Waals surface area contributed by atoms with Gasteiger partial charge in [-0.05, 0) is 18.6 Å². The molecule has 2 nitrogen and oxygen atoms in total. The van der Waals surface area contributed by atoms with Gasteiger partial charge in [0.15, 0.2) is 5.78 Å². The average molecular weight is 306 g/mol. The highest BCUT2D eigenvalue weighted by Crippen LogP contribution is 2.27. The number of hydrogen-bond acceptors (Lipinski definition) is 1. The van der Waals surface area contributed by atoms with Crippen LogP contribution in [-0.4, -0.2) is 10.8 Å². The monoisotopic (exact) mass is 305 g/mol.